The molecule has 0 aromatic heterocycles. The van der Waals surface area contributed by atoms with E-state index in [0.29, 0.717) is 6.61 Å². The molecule has 23 heavy (non-hydrogen) atoms. The van der Waals surface area contributed by atoms with Gasteiger partial charge in [-0.25, -0.2) is 0 Å². The van der Waals surface area contributed by atoms with Gasteiger partial charge in [0.05, 0.1) is 17.8 Å². The predicted octanol–water partition coefficient (Wildman–Crippen LogP) is 1.35. The molecule has 2 aliphatic rings. The monoisotopic (exact) mass is 319 g/mol. The van der Waals surface area contributed by atoms with Gasteiger partial charge in [-0.2, -0.15) is 0 Å². The van der Waals surface area contributed by atoms with Crippen LogP contribution < -0.4 is 15.5 Å². The Kier molecular flexibility index (Phi) is 4.69. The van der Waals surface area contributed by atoms with Crippen LogP contribution in [0.1, 0.15) is 27.7 Å². The summed E-state index contributed by atoms with van der Waals surface area (Å²) in [4.78, 5) is 0. The van der Waals surface area contributed by atoms with E-state index in [4.69, 9.17) is 18.8 Å². The third-order valence-electron chi connectivity index (χ3n) is 4.85. The molecule has 0 radical (unpaired) electrons. The summed E-state index contributed by atoms with van der Waals surface area (Å²) in [5, 5.41) is 3.29. The number of ether oxygens (including phenoxy) is 2. The van der Waals surface area contributed by atoms with Gasteiger partial charge in [-0.3, -0.25) is 0 Å². The zero-order chi connectivity index (χ0) is 16.5. The highest BCUT2D eigenvalue weighted by molar-refractivity contribution is 6.62. The molecule has 2 saturated heterocycles. The molecule has 2 heterocycles. The lowest BCUT2D eigenvalue weighted by Crippen LogP contribution is -2.41. The SMILES string of the molecule is CC1(C)OB(c2ccc(OCC3CNCCO3)cc2)OC1(C)C. The molecule has 1 N–H and O–H groups in total. The highest BCUT2D eigenvalue weighted by atomic mass is 16.7. The van der Waals surface area contributed by atoms with Gasteiger partial charge < -0.3 is 24.1 Å². The van der Waals surface area contributed by atoms with E-state index in [9.17, 15) is 0 Å². The van der Waals surface area contributed by atoms with Crippen LogP contribution in [-0.2, 0) is 14.0 Å². The van der Waals surface area contributed by atoms with Crippen LogP contribution in [0.4, 0.5) is 0 Å². The van der Waals surface area contributed by atoms with Crippen molar-refractivity contribution in [3.05, 3.63) is 24.3 Å². The lowest BCUT2D eigenvalue weighted by molar-refractivity contribution is 0.000198. The summed E-state index contributed by atoms with van der Waals surface area (Å²) in [6.45, 7) is 11.3. The fraction of sp³-hybridized carbons (Fsp3) is 0.647. The Hall–Kier alpha value is -1.08. The van der Waals surface area contributed by atoms with Gasteiger partial charge in [0.2, 0.25) is 0 Å². The van der Waals surface area contributed by atoms with Gasteiger partial charge in [0, 0.05) is 13.1 Å². The molecular weight excluding hydrogens is 293 g/mol. The Bertz CT molecular complexity index is 510. The first-order chi connectivity index (χ1) is 10.9. The molecule has 126 valence electrons. The van der Waals surface area contributed by atoms with Gasteiger partial charge >= 0.3 is 7.12 Å². The normalized spacial score (nSPS) is 26.3. The first kappa shape index (κ1) is 16.8. The molecule has 2 aliphatic heterocycles. The summed E-state index contributed by atoms with van der Waals surface area (Å²) in [5.41, 5.74) is 0.364. The molecule has 0 amide bonds. The average Bonchev–Trinajstić information content (AvgIpc) is 2.75. The third-order valence-corrected chi connectivity index (χ3v) is 4.85. The zero-order valence-electron chi connectivity index (χ0n) is 14.4. The third kappa shape index (κ3) is 3.71. The lowest BCUT2D eigenvalue weighted by Gasteiger charge is -2.32. The highest BCUT2D eigenvalue weighted by Gasteiger charge is 2.51. The standard InChI is InChI=1S/C17H26BNO4/c1-16(2)17(3,4)23-18(22-16)13-5-7-14(8-6-13)21-12-15-11-19-9-10-20-15/h5-8,15,19H,9-12H2,1-4H3. The minimum atomic E-state index is -0.333. The van der Waals surface area contributed by atoms with Crippen molar-refractivity contribution in [3.63, 3.8) is 0 Å². The largest absolute Gasteiger partial charge is 0.494 e. The second-order valence-electron chi connectivity index (χ2n) is 7.17. The van der Waals surface area contributed by atoms with Crippen molar-refractivity contribution >= 4 is 12.6 Å². The smallest absolute Gasteiger partial charge is 0.491 e. The van der Waals surface area contributed by atoms with Crippen molar-refractivity contribution in [2.75, 3.05) is 26.3 Å². The Morgan fingerprint density at radius 2 is 1.78 bits per heavy atom. The van der Waals surface area contributed by atoms with E-state index in [-0.39, 0.29) is 24.4 Å². The summed E-state index contributed by atoms with van der Waals surface area (Å²) < 4.78 is 23.5. The van der Waals surface area contributed by atoms with Crippen molar-refractivity contribution in [1.82, 2.24) is 5.32 Å². The fourth-order valence-electron chi connectivity index (χ4n) is 2.62. The van der Waals surface area contributed by atoms with Gasteiger partial charge in [-0.15, -0.1) is 0 Å². The molecule has 0 spiro atoms. The second-order valence-corrected chi connectivity index (χ2v) is 7.17. The summed E-state index contributed by atoms with van der Waals surface area (Å²) >= 11 is 0. The van der Waals surface area contributed by atoms with Crippen molar-refractivity contribution in [1.29, 1.82) is 0 Å². The zero-order valence-corrected chi connectivity index (χ0v) is 14.4. The molecule has 2 fully saturated rings. The van der Waals surface area contributed by atoms with Gasteiger partial charge in [0.15, 0.2) is 0 Å². The molecule has 1 aromatic rings. The highest BCUT2D eigenvalue weighted by Crippen LogP contribution is 2.36. The molecule has 0 aliphatic carbocycles. The maximum atomic E-state index is 6.05. The van der Waals surface area contributed by atoms with Crippen molar-refractivity contribution in [2.24, 2.45) is 0 Å². The van der Waals surface area contributed by atoms with Crippen LogP contribution in [0.2, 0.25) is 0 Å². The lowest BCUT2D eigenvalue weighted by atomic mass is 9.79. The Labute approximate surface area is 138 Å². The summed E-state index contributed by atoms with van der Waals surface area (Å²) in [6.07, 6.45) is 0.117. The van der Waals surface area contributed by atoms with E-state index in [1.165, 1.54) is 0 Å². The molecule has 6 heteroatoms. The summed E-state index contributed by atoms with van der Waals surface area (Å²) in [5.74, 6) is 0.833. The van der Waals surface area contributed by atoms with E-state index in [1.54, 1.807) is 0 Å². The number of hydrogen-bond acceptors (Lipinski definition) is 5. The van der Waals surface area contributed by atoms with Crippen molar-refractivity contribution in [3.8, 4) is 5.75 Å². The number of rotatable bonds is 4. The summed E-state index contributed by atoms with van der Waals surface area (Å²) in [7, 11) is -0.333. The van der Waals surface area contributed by atoms with Crippen LogP contribution >= 0.6 is 0 Å². The van der Waals surface area contributed by atoms with Crippen LogP contribution in [0.25, 0.3) is 0 Å². The van der Waals surface area contributed by atoms with Crippen LogP contribution in [0, 0.1) is 0 Å². The first-order valence-corrected chi connectivity index (χ1v) is 8.28. The van der Waals surface area contributed by atoms with Crippen LogP contribution in [0.15, 0.2) is 24.3 Å². The number of morpholine rings is 1. The molecule has 1 aromatic carbocycles. The maximum absolute atomic E-state index is 6.05. The first-order valence-electron chi connectivity index (χ1n) is 8.28. The molecular formula is C17H26BNO4. The van der Waals surface area contributed by atoms with E-state index >= 15 is 0 Å². The minimum Gasteiger partial charge on any atom is -0.491 e. The molecule has 5 nitrogen and oxygen atoms in total. The van der Waals surface area contributed by atoms with Gasteiger partial charge in [0.25, 0.3) is 0 Å². The Balaban J connectivity index is 1.57. The van der Waals surface area contributed by atoms with Crippen LogP contribution in [0.3, 0.4) is 0 Å². The van der Waals surface area contributed by atoms with Crippen LogP contribution in [0.5, 0.6) is 5.75 Å². The van der Waals surface area contributed by atoms with Gasteiger partial charge in [0.1, 0.15) is 18.5 Å². The van der Waals surface area contributed by atoms with Crippen LogP contribution in [-0.4, -0.2) is 50.7 Å². The molecule has 0 saturated carbocycles. The topological polar surface area (TPSA) is 49.0 Å². The second kappa shape index (κ2) is 6.44. The van der Waals surface area contributed by atoms with Crippen molar-refractivity contribution in [2.45, 2.75) is 45.0 Å². The number of benzene rings is 1. The quantitative estimate of drug-likeness (QED) is 0.849. The number of hydrogen-bond donors (Lipinski definition) is 1. The van der Waals surface area contributed by atoms with Gasteiger partial charge in [-0.05, 0) is 45.3 Å². The van der Waals surface area contributed by atoms with E-state index in [1.807, 2.05) is 24.3 Å². The maximum Gasteiger partial charge on any atom is 0.494 e. The molecule has 0 bridgehead atoms. The van der Waals surface area contributed by atoms with Gasteiger partial charge in [-0.1, -0.05) is 12.1 Å². The fourth-order valence-corrected chi connectivity index (χ4v) is 2.62. The number of nitrogens with one attached hydrogen (secondary N) is 1. The molecule has 1 unspecified atom stereocenters. The van der Waals surface area contributed by atoms with Crippen molar-refractivity contribution < 1.29 is 18.8 Å². The van der Waals surface area contributed by atoms with E-state index < -0.39 is 0 Å². The van der Waals surface area contributed by atoms with E-state index in [2.05, 4.69) is 33.0 Å². The van der Waals surface area contributed by atoms with E-state index in [0.717, 1.165) is 30.9 Å². The molecule has 3 rings (SSSR count). The summed E-state index contributed by atoms with van der Waals surface area (Å²) in [6, 6.07) is 7.90. The Morgan fingerprint density at radius 1 is 1.13 bits per heavy atom. The molecule has 1 atom stereocenters. The predicted molar refractivity (Wildman–Crippen MR) is 90.3 cm³/mol. The average molecular weight is 319 g/mol. The minimum absolute atomic E-state index is 0.117. The Morgan fingerprint density at radius 3 is 2.35 bits per heavy atom.